The van der Waals surface area contributed by atoms with Gasteiger partial charge in [0.15, 0.2) is 5.41 Å². The van der Waals surface area contributed by atoms with Crippen molar-refractivity contribution in [3.8, 4) is 12.1 Å². The first kappa shape index (κ1) is 13.8. The molecule has 1 fully saturated rings. The van der Waals surface area contributed by atoms with Crippen molar-refractivity contribution in [1.29, 1.82) is 10.5 Å². The molecule has 2 atom stereocenters. The van der Waals surface area contributed by atoms with Crippen LogP contribution >= 0.6 is 0 Å². The van der Waals surface area contributed by atoms with Crippen molar-refractivity contribution >= 4 is 5.84 Å². The van der Waals surface area contributed by atoms with E-state index in [0.29, 0.717) is 13.2 Å². The van der Waals surface area contributed by atoms with Gasteiger partial charge in [0.2, 0.25) is 0 Å². The van der Waals surface area contributed by atoms with Gasteiger partial charge < -0.3 is 15.2 Å². The van der Waals surface area contributed by atoms with Gasteiger partial charge in [0.1, 0.15) is 11.3 Å². The average molecular weight is 262 g/mol. The van der Waals surface area contributed by atoms with Gasteiger partial charge in [-0.05, 0) is 13.8 Å². The largest absolute Gasteiger partial charge is 0.386 e. The van der Waals surface area contributed by atoms with Gasteiger partial charge in [0.25, 0.3) is 5.91 Å². The highest BCUT2D eigenvalue weighted by molar-refractivity contribution is 5.99. The van der Waals surface area contributed by atoms with Gasteiger partial charge in [-0.15, -0.1) is 0 Å². The normalized spacial score (nSPS) is 36.8. The average Bonchev–Trinajstić information content (AvgIpc) is 2.69. The minimum atomic E-state index is -1.48. The Hall–Kier alpha value is -1.63. The molecule has 2 rings (SSSR count). The molecular formula is C13H18N4O2. The van der Waals surface area contributed by atoms with Crippen molar-refractivity contribution in [2.75, 3.05) is 13.2 Å². The third kappa shape index (κ3) is 1.03. The molecule has 0 amide bonds. The maximum Gasteiger partial charge on any atom is 0.293 e. The van der Waals surface area contributed by atoms with Crippen LogP contribution in [0, 0.1) is 38.9 Å². The molecule has 6 heteroatoms. The van der Waals surface area contributed by atoms with Crippen LogP contribution in [0.15, 0.2) is 4.99 Å². The van der Waals surface area contributed by atoms with Crippen LogP contribution in [0.4, 0.5) is 0 Å². The van der Waals surface area contributed by atoms with Crippen molar-refractivity contribution in [2.24, 2.45) is 27.0 Å². The number of nitriles is 2. The molecule has 0 aromatic carbocycles. The molecule has 2 unspecified atom stereocenters. The summed E-state index contributed by atoms with van der Waals surface area (Å²) >= 11 is 0. The molecule has 1 saturated carbocycles. The Morgan fingerprint density at radius 1 is 1.16 bits per heavy atom. The predicted molar refractivity (Wildman–Crippen MR) is 67.5 cm³/mol. The van der Waals surface area contributed by atoms with Gasteiger partial charge in [-0.3, -0.25) is 0 Å². The van der Waals surface area contributed by atoms with Crippen LogP contribution in [0.25, 0.3) is 0 Å². The van der Waals surface area contributed by atoms with E-state index in [1.54, 1.807) is 13.8 Å². The zero-order valence-corrected chi connectivity index (χ0v) is 11.6. The lowest BCUT2D eigenvalue weighted by atomic mass is 9.92. The third-order valence-corrected chi connectivity index (χ3v) is 4.52. The molecule has 1 aliphatic heterocycles. The van der Waals surface area contributed by atoms with E-state index in [1.165, 1.54) is 0 Å². The second kappa shape index (κ2) is 3.69. The summed E-state index contributed by atoms with van der Waals surface area (Å²) in [5.41, 5.74) is 2.95. The van der Waals surface area contributed by atoms with Crippen LogP contribution in [0.1, 0.15) is 27.7 Å². The molecule has 2 aliphatic rings. The fourth-order valence-corrected chi connectivity index (χ4v) is 3.63. The van der Waals surface area contributed by atoms with Gasteiger partial charge in [-0.25, -0.2) is 4.99 Å². The van der Waals surface area contributed by atoms with Gasteiger partial charge in [-0.1, -0.05) is 13.8 Å². The minimum absolute atomic E-state index is 0.128. The third-order valence-electron chi connectivity index (χ3n) is 4.52. The van der Waals surface area contributed by atoms with E-state index >= 15 is 0 Å². The smallest absolute Gasteiger partial charge is 0.293 e. The van der Waals surface area contributed by atoms with E-state index in [2.05, 4.69) is 17.1 Å². The van der Waals surface area contributed by atoms with E-state index < -0.39 is 22.2 Å². The first-order valence-corrected chi connectivity index (χ1v) is 6.33. The fraction of sp³-hybridized carbons (Fsp3) is 0.769. The number of hydrogen-bond donors (Lipinski definition) is 1. The van der Waals surface area contributed by atoms with E-state index in [-0.39, 0.29) is 5.84 Å². The Labute approximate surface area is 112 Å². The number of nitrogens with two attached hydrogens (primary N) is 1. The van der Waals surface area contributed by atoms with E-state index in [4.69, 9.17) is 15.2 Å². The lowest BCUT2D eigenvalue weighted by molar-refractivity contribution is -0.260. The fourth-order valence-electron chi connectivity index (χ4n) is 3.63. The van der Waals surface area contributed by atoms with Gasteiger partial charge in [0.05, 0.1) is 12.1 Å². The molecule has 0 aromatic heterocycles. The zero-order chi connectivity index (χ0) is 14.5. The maximum absolute atomic E-state index is 9.72. The number of aliphatic imine (C=N–C) groups is 1. The Balaban J connectivity index is 2.68. The standard InChI is InChI=1S/C13H18N4O2/c1-5-18-13(19-6-2)12(8-15)10(3,4)11(12,7-14)9(16)17-13/h5-6H2,1-4H3,(H2,16,17). The van der Waals surface area contributed by atoms with Crippen LogP contribution in [0.2, 0.25) is 0 Å². The molecule has 1 aliphatic carbocycles. The molecular weight excluding hydrogens is 244 g/mol. The summed E-state index contributed by atoms with van der Waals surface area (Å²) < 4.78 is 11.3. The number of hydrogen-bond acceptors (Lipinski definition) is 6. The number of amidine groups is 1. The topological polar surface area (TPSA) is 104 Å². The summed E-state index contributed by atoms with van der Waals surface area (Å²) in [7, 11) is 0. The first-order valence-electron chi connectivity index (χ1n) is 6.33. The van der Waals surface area contributed by atoms with Crippen molar-refractivity contribution < 1.29 is 9.47 Å². The minimum Gasteiger partial charge on any atom is -0.386 e. The molecule has 19 heavy (non-hydrogen) atoms. The first-order chi connectivity index (χ1) is 8.87. The summed E-state index contributed by atoms with van der Waals surface area (Å²) in [5, 5.41) is 19.3. The second-order valence-electron chi connectivity index (χ2n) is 5.29. The van der Waals surface area contributed by atoms with Crippen molar-refractivity contribution in [3.63, 3.8) is 0 Å². The van der Waals surface area contributed by atoms with Gasteiger partial charge in [0, 0.05) is 18.6 Å². The lowest BCUT2D eigenvalue weighted by Gasteiger charge is -2.33. The highest BCUT2D eigenvalue weighted by Crippen LogP contribution is 2.85. The number of nitrogens with zero attached hydrogens (tertiary/aromatic N) is 3. The number of rotatable bonds is 4. The highest BCUT2D eigenvalue weighted by atomic mass is 16.7. The summed E-state index contributed by atoms with van der Waals surface area (Å²) in [6, 6.07) is 4.40. The van der Waals surface area contributed by atoms with Crippen molar-refractivity contribution in [3.05, 3.63) is 0 Å². The SMILES string of the molecule is CCOC1(OCC)N=C(N)C2(C#N)C(C)(C)C12C#N. The van der Waals surface area contributed by atoms with E-state index in [0.717, 1.165) is 0 Å². The highest BCUT2D eigenvalue weighted by Gasteiger charge is 2.97. The van der Waals surface area contributed by atoms with E-state index in [1.807, 2.05) is 13.8 Å². The Kier molecular flexibility index (Phi) is 2.68. The molecule has 6 nitrogen and oxygen atoms in total. The monoisotopic (exact) mass is 262 g/mol. The Bertz CT molecular complexity index is 522. The van der Waals surface area contributed by atoms with Crippen molar-refractivity contribution in [2.45, 2.75) is 33.6 Å². The molecule has 0 saturated heterocycles. The van der Waals surface area contributed by atoms with Gasteiger partial charge in [-0.2, -0.15) is 10.5 Å². The van der Waals surface area contributed by atoms with Crippen LogP contribution < -0.4 is 5.73 Å². The van der Waals surface area contributed by atoms with Crippen LogP contribution in [-0.2, 0) is 9.47 Å². The molecule has 0 spiro atoms. The zero-order valence-electron chi connectivity index (χ0n) is 11.6. The summed E-state index contributed by atoms with van der Waals surface area (Å²) in [4.78, 5) is 4.22. The molecule has 102 valence electrons. The lowest BCUT2D eigenvalue weighted by Crippen LogP contribution is -2.44. The van der Waals surface area contributed by atoms with Crippen molar-refractivity contribution in [1.82, 2.24) is 0 Å². The Morgan fingerprint density at radius 2 is 1.68 bits per heavy atom. The Morgan fingerprint density at radius 3 is 2.00 bits per heavy atom. The summed E-state index contributed by atoms with van der Waals surface area (Å²) in [6.07, 6.45) is 0. The van der Waals surface area contributed by atoms with E-state index in [9.17, 15) is 10.5 Å². The molecule has 0 radical (unpaired) electrons. The molecule has 2 N–H and O–H groups in total. The van der Waals surface area contributed by atoms with Crippen LogP contribution in [-0.4, -0.2) is 25.0 Å². The molecule has 0 aromatic rings. The molecule has 1 heterocycles. The summed E-state index contributed by atoms with van der Waals surface area (Å²) in [5.74, 6) is -1.35. The van der Waals surface area contributed by atoms with Crippen LogP contribution in [0.3, 0.4) is 0 Å². The second-order valence-corrected chi connectivity index (χ2v) is 5.29. The predicted octanol–water partition coefficient (Wildman–Crippen LogP) is 1.14. The molecule has 0 bridgehead atoms. The number of ether oxygens (including phenoxy) is 2. The van der Waals surface area contributed by atoms with Gasteiger partial charge >= 0.3 is 0 Å². The summed E-state index contributed by atoms with van der Waals surface area (Å²) in [6.45, 7) is 7.87. The quantitative estimate of drug-likeness (QED) is 0.765. The maximum atomic E-state index is 9.72. The van der Waals surface area contributed by atoms with Crippen LogP contribution in [0.5, 0.6) is 0 Å². The number of fused-ring (bicyclic) bond motifs is 1.